The number of esters is 1. The summed E-state index contributed by atoms with van der Waals surface area (Å²) in [6.07, 6.45) is 2.36. The normalized spacial score (nSPS) is 43.9. The predicted octanol–water partition coefficient (Wildman–Crippen LogP) is 2.25. The number of carboxylic acid groups (broad SMARTS) is 1. The van der Waals surface area contributed by atoms with E-state index in [4.69, 9.17) is 23.7 Å². The van der Waals surface area contributed by atoms with Crippen molar-refractivity contribution >= 4 is 11.9 Å². The van der Waals surface area contributed by atoms with Gasteiger partial charge in [0.15, 0.2) is 6.29 Å². The molecule has 13 heteroatoms. The second-order valence-electron chi connectivity index (χ2n) is 16.9. The summed E-state index contributed by atoms with van der Waals surface area (Å²) < 4.78 is 30.2. The minimum atomic E-state index is -1.69. The summed E-state index contributed by atoms with van der Waals surface area (Å²) in [4.78, 5) is 28.5. The molecule has 3 fully saturated rings. The summed E-state index contributed by atoms with van der Waals surface area (Å²) in [6.45, 7) is 6.14. The summed E-state index contributed by atoms with van der Waals surface area (Å²) in [5, 5.41) is 52.3. The lowest BCUT2D eigenvalue weighted by Gasteiger charge is -2.59. The van der Waals surface area contributed by atoms with E-state index in [0.717, 1.165) is 57.2 Å². The van der Waals surface area contributed by atoms with Gasteiger partial charge in [0, 0.05) is 35.8 Å². The zero-order valence-corrected chi connectivity index (χ0v) is 30.2. The number of aliphatic hydroxyl groups excluding tert-OH is 4. The summed E-state index contributed by atoms with van der Waals surface area (Å²) in [7, 11) is 2.19. The number of piperidine rings is 1. The number of carbonyl (C=O) groups excluding carboxylic acids is 1. The lowest BCUT2D eigenvalue weighted by atomic mass is 9.51. The minimum Gasteiger partial charge on any atom is -0.497 e. The van der Waals surface area contributed by atoms with Crippen molar-refractivity contribution in [3.05, 3.63) is 46.5 Å². The highest BCUT2D eigenvalue weighted by atomic mass is 16.8. The quantitative estimate of drug-likeness (QED) is 0.181. The van der Waals surface area contributed by atoms with Crippen molar-refractivity contribution in [2.45, 2.75) is 95.8 Å². The van der Waals surface area contributed by atoms with Gasteiger partial charge in [0.25, 0.3) is 0 Å². The summed E-state index contributed by atoms with van der Waals surface area (Å²) in [6, 6.07) is 0. The van der Waals surface area contributed by atoms with Gasteiger partial charge in [-0.05, 0) is 75.5 Å². The van der Waals surface area contributed by atoms with Crippen molar-refractivity contribution < 1.29 is 58.8 Å². The van der Waals surface area contributed by atoms with Gasteiger partial charge in [-0.3, -0.25) is 4.79 Å². The number of carbonyl (C=O) groups is 2. The van der Waals surface area contributed by atoms with Crippen molar-refractivity contribution in [3.8, 4) is 0 Å². The van der Waals surface area contributed by atoms with Crippen LogP contribution in [0.1, 0.15) is 58.8 Å². The van der Waals surface area contributed by atoms with Gasteiger partial charge < -0.3 is 54.1 Å². The molecule has 13 nitrogen and oxygen atoms in total. The fourth-order valence-electron chi connectivity index (χ4n) is 11.6. The average Bonchev–Trinajstić information content (AvgIpc) is 3.83. The summed E-state index contributed by atoms with van der Waals surface area (Å²) >= 11 is 0. The van der Waals surface area contributed by atoms with E-state index in [1.54, 1.807) is 6.08 Å². The first-order valence-electron chi connectivity index (χ1n) is 19.0. The van der Waals surface area contributed by atoms with Gasteiger partial charge in [0.2, 0.25) is 6.29 Å². The zero-order valence-electron chi connectivity index (χ0n) is 30.2. The first-order chi connectivity index (χ1) is 24.9. The number of hydrogen-bond donors (Lipinski definition) is 5. The molecule has 0 aromatic carbocycles. The van der Waals surface area contributed by atoms with Crippen molar-refractivity contribution in [1.29, 1.82) is 0 Å². The van der Waals surface area contributed by atoms with Crippen LogP contribution in [0.2, 0.25) is 0 Å². The lowest BCUT2D eigenvalue weighted by molar-refractivity contribution is -0.340. The standard InChI is InChI=1S/C39H53NO12/c1-19(2)27-10-11-38(18-50-27)22-7-4-20-5-9-24-25(12-39(38,30(20)24)17-40(3)13-22)35(47)48-16-28-31(42)32(43)33(44)37(51-28)52-36-29-21(14-41)6-8-23(29)26(15-49-36)34(45)46/h6,10,15,19,22-25,28-29,31-33,36-37,41-44H,4-5,7-9,11-14,16-18H2,1-3H3,(H,45,46). The number of carboxylic acids is 1. The van der Waals surface area contributed by atoms with Gasteiger partial charge in [-0.15, -0.1) is 0 Å². The molecular weight excluding hydrogens is 674 g/mol. The first kappa shape index (κ1) is 36.2. The maximum atomic E-state index is 14.2. The number of ether oxygens (including phenoxy) is 5. The number of nitrogens with zero attached hydrogens (tertiary/aromatic N) is 1. The smallest absolute Gasteiger partial charge is 0.335 e. The highest BCUT2D eigenvalue weighted by molar-refractivity contribution is 5.87. The van der Waals surface area contributed by atoms with E-state index >= 15 is 0 Å². The molecule has 52 heavy (non-hydrogen) atoms. The van der Waals surface area contributed by atoms with Crippen LogP contribution >= 0.6 is 0 Å². The van der Waals surface area contributed by atoms with Crippen LogP contribution in [-0.4, -0.2) is 119 Å². The highest BCUT2D eigenvalue weighted by Gasteiger charge is 2.69. The number of aliphatic hydroxyl groups is 4. The molecule has 4 heterocycles. The minimum absolute atomic E-state index is 0.0380. The second-order valence-corrected chi connectivity index (χ2v) is 16.9. The van der Waals surface area contributed by atoms with Crippen LogP contribution in [0.5, 0.6) is 0 Å². The molecule has 1 saturated carbocycles. The summed E-state index contributed by atoms with van der Waals surface area (Å²) in [5.41, 5.74) is 3.22. The van der Waals surface area contributed by atoms with Crippen molar-refractivity contribution in [3.63, 3.8) is 0 Å². The van der Waals surface area contributed by atoms with E-state index in [9.17, 15) is 35.1 Å². The van der Waals surface area contributed by atoms with Gasteiger partial charge in [-0.1, -0.05) is 31.1 Å². The van der Waals surface area contributed by atoms with E-state index in [-0.39, 0.29) is 47.4 Å². The van der Waals surface area contributed by atoms with E-state index in [1.165, 1.54) is 11.1 Å². The van der Waals surface area contributed by atoms with Gasteiger partial charge in [-0.25, -0.2) is 4.79 Å². The molecule has 13 unspecified atom stereocenters. The molecule has 2 spiro atoms. The van der Waals surface area contributed by atoms with Crippen LogP contribution in [-0.2, 0) is 33.3 Å². The molecule has 8 rings (SSSR count). The van der Waals surface area contributed by atoms with E-state index in [1.807, 2.05) is 0 Å². The Labute approximate surface area is 303 Å². The molecule has 0 aromatic heterocycles. The van der Waals surface area contributed by atoms with Gasteiger partial charge in [-0.2, -0.15) is 0 Å². The number of rotatable bonds is 8. The molecule has 2 saturated heterocycles. The van der Waals surface area contributed by atoms with E-state index < -0.39 is 54.8 Å². The Morgan fingerprint density at radius 3 is 2.56 bits per heavy atom. The summed E-state index contributed by atoms with van der Waals surface area (Å²) in [5.74, 6) is -1.19. The molecule has 0 aromatic rings. The lowest BCUT2D eigenvalue weighted by Crippen LogP contribution is -2.61. The molecule has 2 bridgehead atoms. The van der Waals surface area contributed by atoms with Gasteiger partial charge in [0.1, 0.15) is 31.0 Å². The fraction of sp³-hybridized carbons (Fsp3) is 0.744. The molecule has 0 radical (unpaired) electrons. The van der Waals surface area contributed by atoms with E-state index in [2.05, 4.69) is 31.9 Å². The number of allylic oxidation sites excluding steroid dienone is 4. The van der Waals surface area contributed by atoms with Crippen LogP contribution in [0.25, 0.3) is 0 Å². The van der Waals surface area contributed by atoms with Crippen molar-refractivity contribution in [2.24, 2.45) is 46.3 Å². The second kappa shape index (κ2) is 13.5. The van der Waals surface area contributed by atoms with E-state index in [0.29, 0.717) is 36.9 Å². The molecule has 286 valence electrons. The van der Waals surface area contributed by atoms with Gasteiger partial charge in [0.05, 0.1) is 42.6 Å². The highest BCUT2D eigenvalue weighted by Crippen LogP contribution is 2.71. The third kappa shape index (κ3) is 5.52. The maximum absolute atomic E-state index is 14.2. The molecule has 0 amide bonds. The largest absolute Gasteiger partial charge is 0.497 e. The SMILES string of the molecule is CC(C)C1=CCC2(CO1)C1CCC3=C4C(CC3)C(C(=O)OCC3OC(OC5OC=C(C(=O)O)C6CC=C(CO)C56)C(O)C(O)C3O)CC42CN(C)C1. The fourth-order valence-corrected chi connectivity index (χ4v) is 11.6. The third-order valence-electron chi connectivity index (χ3n) is 14.0. The Hall–Kier alpha value is -2.78. The predicted molar refractivity (Wildman–Crippen MR) is 183 cm³/mol. The van der Waals surface area contributed by atoms with Crippen LogP contribution in [0.3, 0.4) is 0 Å². The monoisotopic (exact) mass is 727 g/mol. The molecular formula is C39H53NO12. The van der Waals surface area contributed by atoms with Crippen LogP contribution in [0.15, 0.2) is 46.5 Å². The Morgan fingerprint density at radius 1 is 1.06 bits per heavy atom. The molecule has 4 aliphatic heterocycles. The van der Waals surface area contributed by atoms with Crippen LogP contribution < -0.4 is 0 Å². The zero-order chi connectivity index (χ0) is 36.7. The molecule has 5 N–H and O–H groups in total. The first-order valence-corrected chi connectivity index (χ1v) is 19.0. The Balaban J connectivity index is 0.997. The van der Waals surface area contributed by atoms with Gasteiger partial charge >= 0.3 is 11.9 Å². The Kier molecular flexibility index (Phi) is 9.41. The Morgan fingerprint density at radius 2 is 1.85 bits per heavy atom. The topological polar surface area (TPSA) is 185 Å². The molecule has 8 aliphatic rings. The van der Waals surface area contributed by atoms with Crippen LogP contribution in [0.4, 0.5) is 0 Å². The van der Waals surface area contributed by atoms with Crippen molar-refractivity contribution in [1.82, 2.24) is 4.90 Å². The maximum Gasteiger partial charge on any atom is 0.335 e. The number of aliphatic carboxylic acids is 1. The molecule has 4 aliphatic carbocycles. The van der Waals surface area contributed by atoms with Crippen molar-refractivity contribution in [2.75, 3.05) is 40.0 Å². The number of likely N-dealkylation sites (tertiary alicyclic amines) is 1. The average molecular weight is 728 g/mol. The number of hydrogen-bond acceptors (Lipinski definition) is 12. The molecule has 13 atom stereocenters. The Bertz CT molecular complexity index is 1590. The third-order valence-corrected chi connectivity index (χ3v) is 14.0. The van der Waals surface area contributed by atoms with Crippen LogP contribution in [0, 0.1) is 46.3 Å². The number of fused-ring (bicyclic) bond motifs is 1.